The van der Waals surface area contributed by atoms with Gasteiger partial charge in [0.05, 0.1) is 17.5 Å². The van der Waals surface area contributed by atoms with E-state index in [1.807, 2.05) is 4.72 Å². The van der Waals surface area contributed by atoms with Gasteiger partial charge in [-0.2, -0.15) is 13.2 Å². The fraction of sp³-hybridized carbons (Fsp3) is 0.150. The van der Waals surface area contributed by atoms with E-state index in [2.05, 4.69) is 5.32 Å². The Morgan fingerprint density at radius 2 is 1.81 bits per heavy atom. The smallest absolute Gasteiger partial charge is 0.416 e. The zero-order valence-electron chi connectivity index (χ0n) is 16.0. The van der Waals surface area contributed by atoms with Crippen LogP contribution in [-0.4, -0.2) is 20.6 Å². The third-order valence-electron chi connectivity index (χ3n) is 4.09. The van der Waals surface area contributed by atoms with Crippen molar-refractivity contribution in [2.24, 2.45) is 0 Å². The van der Waals surface area contributed by atoms with Crippen LogP contribution in [0.5, 0.6) is 0 Å². The number of sulfonamides is 1. The molecule has 1 aromatic heterocycles. The van der Waals surface area contributed by atoms with Crippen molar-refractivity contribution >= 4 is 21.6 Å². The molecule has 1 amide bonds. The van der Waals surface area contributed by atoms with E-state index in [1.54, 1.807) is 0 Å². The molecule has 2 aromatic carbocycles. The highest BCUT2D eigenvalue weighted by Gasteiger charge is 2.30. The fourth-order valence-corrected chi connectivity index (χ4v) is 3.25. The average molecular weight is 456 g/mol. The largest absolute Gasteiger partial charge is 0.451 e. The van der Waals surface area contributed by atoms with Gasteiger partial charge in [-0.05, 0) is 42.0 Å². The summed E-state index contributed by atoms with van der Waals surface area (Å²) in [6.07, 6.45) is -3.62. The van der Waals surface area contributed by atoms with Crippen molar-refractivity contribution < 1.29 is 35.2 Å². The maximum atomic E-state index is 14.0. The Kier molecular flexibility index (Phi) is 6.07. The molecule has 0 aliphatic carbocycles. The van der Waals surface area contributed by atoms with Crippen molar-refractivity contribution in [2.45, 2.75) is 12.7 Å². The molecule has 0 aliphatic heterocycles. The number of carbonyl (C=O) groups excluding carboxylic acids is 1. The number of alkyl halides is 3. The van der Waals surface area contributed by atoms with Gasteiger partial charge in [-0.3, -0.25) is 9.52 Å². The molecule has 0 atom stereocenters. The highest BCUT2D eigenvalue weighted by molar-refractivity contribution is 7.92. The molecule has 0 aliphatic rings. The minimum absolute atomic E-state index is 0.0819. The number of carbonyl (C=O) groups is 1. The van der Waals surface area contributed by atoms with E-state index in [9.17, 15) is 30.8 Å². The lowest BCUT2D eigenvalue weighted by molar-refractivity contribution is -0.137. The second-order valence-electron chi connectivity index (χ2n) is 6.61. The first-order valence-corrected chi connectivity index (χ1v) is 10.6. The lowest BCUT2D eigenvalue weighted by atomic mass is 10.1. The average Bonchev–Trinajstić information content (AvgIpc) is 3.17. The first kappa shape index (κ1) is 22.3. The summed E-state index contributed by atoms with van der Waals surface area (Å²) in [7, 11) is -3.64. The first-order chi connectivity index (χ1) is 14.4. The standard InChI is InChI=1S/C20H16F4N2O4S/c1-31(28,29)26-16-6-5-12(9-15(16)21)11-25-19(27)18-8-7-17(30-18)13-3-2-4-14(10-13)20(22,23)24/h2-10,26H,11H2,1H3,(H,25,27). The van der Waals surface area contributed by atoms with E-state index in [1.165, 1.54) is 36.4 Å². The molecule has 0 saturated carbocycles. The Hall–Kier alpha value is -3.34. The topological polar surface area (TPSA) is 88.4 Å². The summed E-state index contributed by atoms with van der Waals surface area (Å²) in [5.74, 6) is -1.53. The Morgan fingerprint density at radius 3 is 2.45 bits per heavy atom. The molecule has 0 radical (unpaired) electrons. The molecular weight excluding hydrogens is 440 g/mol. The molecule has 6 nitrogen and oxygen atoms in total. The minimum atomic E-state index is -4.51. The SMILES string of the molecule is CS(=O)(=O)Nc1ccc(CNC(=O)c2ccc(-c3cccc(C(F)(F)F)c3)o2)cc1F. The Balaban J connectivity index is 1.68. The summed E-state index contributed by atoms with van der Waals surface area (Å²) >= 11 is 0. The molecule has 31 heavy (non-hydrogen) atoms. The molecule has 0 bridgehead atoms. The third-order valence-corrected chi connectivity index (χ3v) is 4.68. The molecule has 0 saturated heterocycles. The van der Waals surface area contributed by atoms with E-state index in [0.29, 0.717) is 5.56 Å². The van der Waals surface area contributed by atoms with E-state index in [0.717, 1.165) is 24.5 Å². The summed E-state index contributed by atoms with van der Waals surface area (Å²) in [4.78, 5) is 12.3. The number of benzene rings is 2. The van der Waals surface area contributed by atoms with Crippen LogP contribution in [0.3, 0.4) is 0 Å². The molecule has 2 N–H and O–H groups in total. The Labute approximate surface area is 174 Å². The predicted molar refractivity (Wildman–Crippen MR) is 105 cm³/mol. The second-order valence-corrected chi connectivity index (χ2v) is 8.36. The fourth-order valence-electron chi connectivity index (χ4n) is 2.68. The highest BCUT2D eigenvalue weighted by Crippen LogP contribution is 2.32. The van der Waals surface area contributed by atoms with Crippen molar-refractivity contribution in [3.8, 4) is 11.3 Å². The monoisotopic (exact) mass is 456 g/mol. The van der Waals surface area contributed by atoms with Crippen LogP contribution in [0.1, 0.15) is 21.7 Å². The molecule has 164 valence electrons. The van der Waals surface area contributed by atoms with Crippen molar-refractivity contribution in [2.75, 3.05) is 11.0 Å². The second kappa shape index (κ2) is 8.42. The van der Waals surface area contributed by atoms with Crippen LogP contribution in [0.2, 0.25) is 0 Å². The van der Waals surface area contributed by atoms with Gasteiger partial charge in [0.2, 0.25) is 10.0 Å². The normalized spacial score (nSPS) is 11.9. The maximum Gasteiger partial charge on any atom is 0.416 e. The van der Waals surface area contributed by atoms with Gasteiger partial charge < -0.3 is 9.73 Å². The van der Waals surface area contributed by atoms with E-state index in [-0.39, 0.29) is 29.3 Å². The highest BCUT2D eigenvalue weighted by atomic mass is 32.2. The molecule has 0 spiro atoms. The van der Waals surface area contributed by atoms with E-state index < -0.39 is 33.5 Å². The molecule has 0 unspecified atom stereocenters. The summed E-state index contributed by atoms with van der Waals surface area (Å²) in [6, 6.07) is 10.9. The van der Waals surface area contributed by atoms with Gasteiger partial charge in [0, 0.05) is 12.1 Å². The van der Waals surface area contributed by atoms with Gasteiger partial charge in [0.25, 0.3) is 5.91 Å². The molecule has 3 rings (SSSR count). The molecular formula is C20H16F4N2O4S. The van der Waals surface area contributed by atoms with Gasteiger partial charge in [-0.15, -0.1) is 0 Å². The predicted octanol–water partition coefficient (Wildman–Crippen LogP) is 4.41. The molecule has 1 heterocycles. The van der Waals surface area contributed by atoms with E-state index >= 15 is 0 Å². The molecule has 0 fully saturated rings. The summed E-state index contributed by atoms with van der Waals surface area (Å²) < 4.78 is 82.3. The van der Waals surface area contributed by atoms with Crippen LogP contribution in [-0.2, 0) is 22.7 Å². The van der Waals surface area contributed by atoms with Crippen LogP contribution in [0, 0.1) is 5.82 Å². The van der Waals surface area contributed by atoms with Gasteiger partial charge in [-0.25, -0.2) is 12.8 Å². The summed E-state index contributed by atoms with van der Waals surface area (Å²) in [6.45, 7) is -0.0888. The first-order valence-electron chi connectivity index (χ1n) is 8.74. The van der Waals surface area contributed by atoms with E-state index in [4.69, 9.17) is 4.42 Å². The van der Waals surface area contributed by atoms with Crippen molar-refractivity contribution in [3.05, 3.63) is 77.3 Å². The van der Waals surface area contributed by atoms with Crippen LogP contribution in [0.4, 0.5) is 23.2 Å². The number of amides is 1. The lowest BCUT2D eigenvalue weighted by Crippen LogP contribution is -2.22. The maximum absolute atomic E-state index is 14.0. The number of furan rings is 1. The van der Waals surface area contributed by atoms with Gasteiger partial charge in [-0.1, -0.05) is 18.2 Å². The van der Waals surface area contributed by atoms with Gasteiger partial charge in [0.1, 0.15) is 11.6 Å². The summed E-state index contributed by atoms with van der Waals surface area (Å²) in [5, 5.41) is 2.49. The molecule has 3 aromatic rings. The van der Waals surface area contributed by atoms with Crippen molar-refractivity contribution in [1.82, 2.24) is 5.32 Å². The lowest BCUT2D eigenvalue weighted by Gasteiger charge is -2.08. The van der Waals surface area contributed by atoms with Crippen molar-refractivity contribution in [3.63, 3.8) is 0 Å². The van der Waals surface area contributed by atoms with Crippen LogP contribution in [0.25, 0.3) is 11.3 Å². The Bertz CT molecular complexity index is 1220. The van der Waals surface area contributed by atoms with Crippen LogP contribution >= 0.6 is 0 Å². The summed E-state index contributed by atoms with van der Waals surface area (Å²) in [5.41, 5.74) is -0.558. The Morgan fingerprint density at radius 1 is 1.06 bits per heavy atom. The van der Waals surface area contributed by atoms with Gasteiger partial charge in [0.15, 0.2) is 5.76 Å². The molecule has 11 heteroatoms. The van der Waals surface area contributed by atoms with Crippen LogP contribution < -0.4 is 10.0 Å². The van der Waals surface area contributed by atoms with Crippen LogP contribution in [0.15, 0.2) is 59.0 Å². The zero-order valence-corrected chi connectivity index (χ0v) is 16.8. The minimum Gasteiger partial charge on any atom is -0.451 e. The number of halogens is 4. The number of anilines is 1. The number of nitrogens with one attached hydrogen (secondary N) is 2. The number of rotatable bonds is 6. The van der Waals surface area contributed by atoms with Gasteiger partial charge >= 0.3 is 6.18 Å². The quantitative estimate of drug-likeness (QED) is 0.538. The van der Waals surface area contributed by atoms with Crippen molar-refractivity contribution in [1.29, 1.82) is 0 Å². The zero-order chi connectivity index (χ0) is 22.8. The number of hydrogen-bond acceptors (Lipinski definition) is 4. The number of hydrogen-bond donors (Lipinski definition) is 2. The third kappa shape index (κ3) is 5.85.